The number of benzene rings is 1. The van der Waals surface area contributed by atoms with Crippen molar-refractivity contribution >= 4 is 5.91 Å². The van der Waals surface area contributed by atoms with E-state index in [0.29, 0.717) is 17.3 Å². The topological polar surface area (TPSA) is 85.2 Å². The lowest BCUT2D eigenvalue weighted by Crippen LogP contribution is -2.34. The Hall–Kier alpha value is -2.21. The molecule has 1 amide bonds. The molecular weight excluding hydrogens is 280 g/mol. The van der Waals surface area contributed by atoms with E-state index in [9.17, 15) is 4.79 Å². The van der Waals surface area contributed by atoms with Gasteiger partial charge in [-0.2, -0.15) is 4.98 Å². The van der Waals surface area contributed by atoms with E-state index in [-0.39, 0.29) is 5.91 Å². The Morgan fingerprint density at radius 1 is 1.23 bits per heavy atom. The summed E-state index contributed by atoms with van der Waals surface area (Å²) >= 11 is 0. The van der Waals surface area contributed by atoms with Crippen LogP contribution in [0.5, 0.6) is 0 Å². The maximum absolute atomic E-state index is 11.9. The standard InChI is InChI=1S/C16H20N4O2/c1-20(2)14(21)12-7-5-11(6-8-12)13-18-15(19-22-13)16(17)9-3-4-10-16/h5-8H,3-4,9-10,17H2,1-2H3. The van der Waals surface area contributed by atoms with Crippen LogP contribution in [0.4, 0.5) is 0 Å². The molecule has 2 aromatic rings. The van der Waals surface area contributed by atoms with Crippen LogP contribution in [0.1, 0.15) is 41.9 Å². The van der Waals surface area contributed by atoms with Crippen molar-refractivity contribution in [2.45, 2.75) is 31.2 Å². The number of nitrogens with zero attached hydrogens (tertiary/aromatic N) is 3. The maximum atomic E-state index is 11.9. The van der Waals surface area contributed by atoms with Gasteiger partial charge in [0.1, 0.15) is 0 Å². The van der Waals surface area contributed by atoms with Gasteiger partial charge in [-0.15, -0.1) is 0 Å². The number of hydrogen-bond donors (Lipinski definition) is 1. The number of carbonyl (C=O) groups is 1. The molecule has 6 heteroatoms. The minimum Gasteiger partial charge on any atom is -0.345 e. The molecule has 0 atom stereocenters. The summed E-state index contributed by atoms with van der Waals surface area (Å²) in [5, 5.41) is 4.05. The average Bonchev–Trinajstić information content (AvgIpc) is 3.16. The van der Waals surface area contributed by atoms with Crippen LogP contribution in [0.3, 0.4) is 0 Å². The highest BCUT2D eigenvalue weighted by Crippen LogP contribution is 2.35. The molecule has 1 saturated carbocycles. The largest absolute Gasteiger partial charge is 0.345 e. The Balaban J connectivity index is 1.83. The van der Waals surface area contributed by atoms with Gasteiger partial charge in [0, 0.05) is 25.2 Å². The Kier molecular flexibility index (Phi) is 3.70. The first kappa shape index (κ1) is 14.7. The van der Waals surface area contributed by atoms with Crippen LogP contribution < -0.4 is 5.73 Å². The van der Waals surface area contributed by atoms with Gasteiger partial charge in [-0.1, -0.05) is 18.0 Å². The number of carbonyl (C=O) groups excluding carboxylic acids is 1. The lowest BCUT2D eigenvalue weighted by atomic mass is 9.98. The fraction of sp³-hybridized carbons (Fsp3) is 0.438. The van der Waals surface area contributed by atoms with E-state index in [1.54, 1.807) is 26.2 Å². The molecular formula is C16H20N4O2. The van der Waals surface area contributed by atoms with Crippen molar-refractivity contribution in [3.63, 3.8) is 0 Å². The predicted octanol–water partition coefficient (Wildman–Crippen LogP) is 2.17. The SMILES string of the molecule is CN(C)C(=O)c1ccc(-c2nc(C3(N)CCCC3)no2)cc1. The number of aromatic nitrogens is 2. The number of amides is 1. The summed E-state index contributed by atoms with van der Waals surface area (Å²) < 4.78 is 5.34. The molecule has 1 heterocycles. The quantitative estimate of drug-likeness (QED) is 0.939. The predicted molar refractivity (Wildman–Crippen MR) is 82.1 cm³/mol. The molecule has 2 N–H and O–H groups in total. The maximum Gasteiger partial charge on any atom is 0.257 e. The highest BCUT2D eigenvalue weighted by Gasteiger charge is 2.36. The summed E-state index contributed by atoms with van der Waals surface area (Å²) in [4.78, 5) is 17.9. The second-order valence-electron chi connectivity index (χ2n) is 6.06. The number of nitrogens with two attached hydrogens (primary N) is 1. The van der Waals surface area contributed by atoms with E-state index in [1.807, 2.05) is 12.1 Å². The molecule has 0 bridgehead atoms. The smallest absolute Gasteiger partial charge is 0.257 e. The van der Waals surface area contributed by atoms with Gasteiger partial charge in [-0.3, -0.25) is 4.79 Å². The van der Waals surface area contributed by atoms with E-state index in [0.717, 1.165) is 31.2 Å². The molecule has 3 rings (SSSR count). The number of rotatable bonds is 3. The van der Waals surface area contributed by atoms with Gasteiger partial charge in [0.2, 0.25) is 0 Å². The first-order valence-corrected chi connectivity index (χ1v) is 7.45. The molecule has 0 unspecified atom stereocenters. The van der Waals surface area contributed by atoms with Crippen LogP contribution in [0, 0.1) is 0 Å². The van der Waals surface area contributed by atoms with Crippen molar-refractivity contribution in [2.75, 3.05) is 14.1 Å². The van der Waals surface area contributed by atoms with Crippen LogP contribution in [0.15, 0.2) is 28.8 Å². The van der Waals surface area contributed by atoms with E-state index in [1.165, 1.54) is 4.90 Å². The summed E-state index contributed by atoms with van der Waals surface area (Å²) in [6.07, 6.45) is 3.98. The lowest BCUT2D eigenvalue weighted by molar-refractivity contribution is 0.0827. The van der Waals surface area contributed by atoms with Crippen LogP contribution in [0.25, 0.3) is 11.5 Å². The molecule has 1 fully saturated rings. The van der Waals surface area contributed by atoms with E-state index < -0.39 is 5.54 Å². The van der Waals surface area contributed by atoms with Crippen LogP contribution in [-0.2, 0) is 5.54 Å². The molecule has 1 aromatic carbocycles. The summed E-state index contributed by atoms with van der Waals surface area (Å²) in [6.45, 7) is 0. The molecule has 22 heavy (non-hydrogen) atoms. The van der Waals surface area contributed by atoms with Gasteiger partial charge in [0.05, 0.1) is 5.54 Å². The zero-order chi connectivity index (χ0) is 15.7. The van der Waals surface area contributed by atoms with Crippen molar-refractivity contribution in [3.8, 4) is 11.5 Å². The first-order valence-electron chi connectivity index (χ1n) is 7.45. The highest BCUT2D eigenvalue weighted by molar-refractivity contribution is 5.94. The zero-order valence-electron chi connectivity index (χ0n) is 12.9. The average molecular weight is 300 g/mol. The van der Waals surface area contributed by atoms with Crippen molar-refractivity contribution < 1.29 is 9.32 Å². The lowest BCUT2D eigenvalue weighted by Gasteiger charge is -2.17. The van der Waals surface area contributed by atoms with Crippen molar-refractivity contribution in [3.05, 3.63) is 35.7 Å². The Bertz CT molecular complexity index is 670. The van der Waals surface area contributed by atoms with E-state index >= 15 is 0 Å². The van der Waals surface area contributed by atoms with Gasteiger partial charge in [-0.25, -0.2) is 0 Å². The molecule has 0 spiro atoms. The van der Waals surface area contributed by atoms with Crippen molar-refractivity contribution in [1.82, 2.24) is 15.0 Å². The van der Waals surface area contributed by atoms with Crippen molar-refractivity contribution in [1.29, 1.82) is 0 Å². The highest BCUT2D eigenvalue weighted by atomic mass is 16.5. The molecule has 116 valence electrons. The van der Waals surface area contributed by atoms with Crippen LogP contribution >= 0.6 is 0 Å². The Morgan fingerprint density at radius 2 is 1.86 bits per heavy atom. The molecule has 0 radical (unpaired) electrons. The molecule has 1 aliphatic carbocycles. The minimum absolute atomic E-state index is 0.0374. The summed E-state index contributed by atoms with van der Waals surface area (Å²) in [7, 11) is 3.45. The van der Waals surface area contributed by atoms with Gasteiger partial charge >= 0.3 is 0 Å². The monoisotopic (exact) mass is 300 g/mol. The van der Waals surface area contributed by atoms with Crippen LogP contribution in [0.2, 0.25) is 0 Å². The molecule has 1 aromatic heterocycles. The number of hydrogen-bond acceptors (Lipinski definition) is 5. The van der Waals surface area contributed by atoms with Crippen LogP contribution in [-0.4, -0.2) is 35.0 Å². The second-order valence-corrected chi connectivity index (χ2v) is 6.06. The molecule has 0 saturated heterocycles. The second kappa shape index (κ2) is 5.53. The van der Waals surface area contributed by atoms with E-state index in [2.05, 4.69) is 10.1 Å². The Morgan fingerprint density at radius 3 is 2.45 bits per heavy atom. The van der Waals surface area contributed by atoms with Crippen molar-refractivity contribution in [2.24, 2.45) is 5.73 Å². The molecule has 0 aliphatic heterocycles. The fourth-order valence-corrected chi connectivity index (χ4v) is 2.79. The summed E-state index contributed by atoms with van der Waals surface area (Å²) in [5.41, 5.74) is 7.29. The Labute approximate surface area is 129 Å². The third-order valence-corrected chi connectivity index (χ3v) is 4.15. The third kappa shape index (κ3) is 2.62. The van der Waals surface area contributed by atoms with Gasteiger partial charge in [0.25, 0.3) is 11.8 Å². The van der Waals surface area contributed by atoms with Gasteiger partial charge < -0.3 is 15.2 Å². The summed E-state index contributed by atoms with van der Waals surface area (Å²) in [5.74, 6) is 0.980. The normalized spacial score (nSPS) is 16.7. The first-order chi connectivity index (χ1) is 10.5. The van der Waals surface area contributed by atoms with Gasteiger partial charge in [-0.05, 0) is 37.1 Å². The minimum atomic E-state index is -0.456. The van der Waals surface area contributed by atoms with Gasteiger partial charge in [0.15, 0.2) is 5.82 Å². The summed E-state index contributed by atoms with van der Waals surface area (Å²) in [6, 6.07) is 7.14. The molecule has 1 aliphatic rings. The fourth-order valence-electron chi connectivity index (χ4n) is 2.79. The van der Waals surface area contributed by atoms with E-state index in [4.69, 9.17) is 10.3 Å². The molecule has 6 nitrogen and oxygen atoms in total. The zero-order valence-corrected chi connectivity index (χ0v) is 12.9. The third-order valence-electron chi connectivity index (χ3n) is 4.15.